The Labute approximate surface area is 629 Å². The van der Waals surface area contributed by atoms with E-state index in [1.807, 2.05) is 19.9 Å². The highest BCUT2D eigenvalue weighted by Crippen LogP contribution is 2.52. The summed E-state index contributed by atoms with van der Waals surface area (Å²) >= 11 is 0. The van der Waals surface area contributed by atoms with E-state index in [1.54, 1.807) is 77.8 Å². The minimum Gasteiger partial charge on any atom is -0.479 e. The number of hydrogen-bond donors (Lipinski definition) is 10. The summed E-state index contributed by atoms with van der Waals surface area (Å²) in [6.07, 6.45) is -8.27. The van der Waals surface area contributed by atoms with E-state index < -0.39 is 145 Å². The topological polar surface area (TPSA) is 408 Å². The number of likely N-dealkylation sites (N-methyl/N-ethyl adjacent to an activating group) is 2. The molecule has 0 bridgehead atoms. The van der Waals surface area contributed by atoms with Gasteiger partial charge in [-0.2, -0.15) is 0 Å². The van der Waals surface area contributed by atoms with Crippen LogP contribution in [0.15, 0.2) is 48.5 Å². The smallest absolute Gasteiger partial charge is 0.410 e. The Balaban J connectivity index is 1.15. The van der Waals surface area contributed by atoms with Gasteiger partial charge in [-0.3, -0.25) is 33.7 Å². The maximum absolute atomic E-state index is 15.0. The van der Waals surface area contributed by atoms with Gasteiger partial charge in [0.05, 0.1) is 95.0 Å². The summed E-state index contributed by atoms with van der Waals surface area (Å²) in [5.74, 6) is -5.06. The maximum Gasteiger partial charge on any atom is 0.410 e. The highest BCUT2D eigenvalue weighted by Gasteiger charge is 2.50. The Morgan fingerprint density at radius 3 is 1.89 bits per heavy atom. The van der Waals surface area contributed by atoms with Gasteiger partial charge in [0.25, 0.3) is 0 Å². The number of carboxylic acid groups (broad SMARTS) is 1. The minimum atomic E-state index is -2.04. The molecule has 1 saturated carbocycles. The Morgan fingerprint density at radius 2 is 1.31 bits per heavy atom. The maximum atomic E-state index is 15.0. The molecule has 8 amide bonds. The van der Waals surface area contributed by atoms with Crippen molar-refractivity contribution < 1.29 is 111 Å². The number of alkyl carbamates (subject to hydrolysis) is 1. The van der Waals surface area contributed by atoms with Gasteiger partial charge < -0.3 is 105 Å². The van der Waals surface area contributed by atoms with E-state index in [9.17, 15) is 68.7 Å². The third kappa shape index (κ3) is 27.0. The SMILES string of the molecule is CCC[C@@H]1[C@H](CCC)[C@@H]1COC(=O)NCCOCCOCCOCCNC(=O)CCC(=O)Nc1ccc(O[C@@H]2OC(C(=O)O)[C@@H](O)C(O)C2O)c(COC(=O)N(C)[C@H](C(=O)N[C@H](C(=O)N(C)[C@@H]([C@@H](C)CC)[C@@H](CC(=O)N2CCC[C@H]2[C@H](OC)[C@@H](C)C(=O)N[C@H](C)[C@@H](O)c2ccccc2)OC)C(C)C)C(C)C)c1. The number of hydrogen-bond acceptors (Lipinski definition) is 22. The zero-order chi connectivity index (χ0) is 79.2. The number of rotatable bonds is 47. The van der Waals surface area contributed by atoms with E-state index in [0.717, 1.165) is 30.6 Å². The summed E-state index contributed by atoms with van der Waals surface area (Å²) in [6.45, 7) is 20.7. The largest absolute Gasteiger partial charge is 0.479 e. The van der Waals surface area contributed by atoms with E-state index in [-0.39, 0.29) is 80.4 Å². The second kappa shape index (κ2) is 45.6. The number of aliphatic hydroxyl groups excluding tert-OH is 4. The average Bonchev–Trinajstić information content (AvgIpc) is 1.66. The number of nitrogens with zero attached hydrogens (tertiary/aromatic N) is 3. The number of likely N-dealkylation sites (tertiary alicyclic amines) is 1. The third-order valence-corrected chi connectivity index (χ3v) is 20.4. The number of benzene rings is 2. The molecule has 0 aromatic heterocycles. The second-order valence-corrected chi connectivity index (χ2v) is 28.8. The van der Waals surface area contributed by atoms with Gasteiger partial charge in [0, 0.05) is 72.0 Å². The number of nitrogens with one attached hydrogen (secondary N) is 5. The number of ether oxygens (including phenoxy) is 9. The predicted octanol–water partition coefficient (Wildman–Crippen LogP) is 4.92. The number of aliphatic hydroxyl groups is 4. The lowest BCUT2D eigenvalue weighted by Gasteiger charge is -2.41. The Bertz CT molecular complexity index is 3100. The normalized spacial score (nSPS) is 22.4. The monoisotopic (exact) mass is 1510 g/mol. The number of carboxylic acids is 1. The van der Waals surface area contributed by atoms with Crippen molar-refractivity contribution in [2.24, 2.45) is 41.4 Å². The molecule has 0 radical (unpaired) electrons. The summed E-state index contributed by atoms with van der Waals surface area (Å²) in [7, 11) is 5.87. The van der Waals surface area contributed by atoms with Crippen LogP contribution in [0.2, 0.25) is 0 Å². The molecule has 0 spiro atoms. The van der Waals surface area contributed by atoms with Crippen LogP contribution in [0, 0.1) is 41.4 Å². The van der Waals surface area contributed by atoms with Crippen LogP contribution >= 0.6 is 0 Å². The minimum absolute atomic E-state index is 0.0105. The van der Waals surface area contributed by atoms with Crippen molar-refractivity contribution in [3.05, 3.63) is 59.7 Å². The van der Waals surface area contributed by atoms with Crippen molar-refractivity contribution in [1.82, 2.24) is 36.0 Å². The number of methoxy groups -OCH3 is 2. The first-order valence-corrected chi connectivity index (χ1v) is 37.7. The molecule has 2 aromatic carbocycles. The quantitative estimate of drug-likeness (QED) is 0.0393. The van der Waals surface area contributed by atoms with Gasteiger partial charge in [-0.1, -0.05) is 125 Å². The fourth-order valence-electron chi connectivity index (χ4n) is 14.2. The average molecular weight is 1520 g/mol. The first kappa shape index (κ1) is 90.3. The number of carbonyl (C=O) groups is 9. The van der Waals surface area contributed by atoms with Crippen molar-refractivity contribution in [2.75, 3.05) is 99.5 Å². The molecule has 31 heteroatoms. The Hall–Kier alpha value is -7.33. The second-order valence-electron chi connectivity index (χ2n) is 28.8. The van der Waals surface area contributed by atoms with Crippen LogP contribution in [-0.4, -0.2) is 261 Å². The van der Waals surface area contributed by atoms with E-state index in [0.29, 0.717) is 82.1 Å². The molecule has 3 fully saturated rings. The fourth-order valence-corrected chi connectivity index (χ4v) is 14.2. The predicted molar refractivity (Wildman–Crippen MR) is 393 cm³/mol. The van der Waals surface area contributed by atoms with E-state index in [1.165, 1.54) is 44.4 Å². The van der Waals surface area contributed by atoms with Crippen molar-refractivity contribution in [3.8, 4) is 5.75 Å². The first-order valence-electron chi connectivity index (χ1n) is 37.7. The van der Waals surface area contributed by atoms with Crippen LogP contribution < -0.4 is 31.3 Å². The van der Waals surface area contributed by atoms with Crippen molar-refractivity contribution in [1.29, 1.82) is 0 Å². The van der Waals surface area contributed by atoms with Crippen LogP contribution in [0.4, 0.5) is 15.3 Å². The lowest BCUT2D eigenvalue weighted by atomic mass is 9.89. The molecule has 5 rings (SSSR count). The molecular formula is C76H122N8O23. The van der Waals surface area contributed by atoms with Gasteiger partial charge >= 0.3 is 18.2 Å². The molecule has 31 nitrogen and oxygen atoms in total. The molecule has 1 aliphatic carbocycles. The summed E-state index contributed by atoms with van der Waals surface area (Å²) in [5, 5.41) is 66.4. The molecular weight excluding hydrogens is 1390 g/mol. The fraction of sp³-hybridized carbons (Fsp3) is 0.724. The standard InChI is InChI=1S/C76H122N8O23/c1-15-22-52-53(23-16-2)54(52)43-104-75(97)78-32-35-102-37-39-103-38-36-101-34-31-77-58(85)29-30-59(86)80-51-27-28-56(106-74-67(91)65(89)66(90)69(107-74)73(95)96)50(40-51)42-105-76(98)83(12)62(45(6)7)71(93)81-61(44(4)5)72(94)82(11)63(46(8)17-3)57(99-13)41-60(87)84-33-21-26-55(84)68(100-14)47(9)70(92)79-48(10)64(88)49-24-19-18-20-25-49/h18-20,24-25,27-28,40,44-48,52-55,57,61-69,74,88-91H,15-17,21-23,26,29-39,41-43H2,1-14H3,(H,77,85)(H,78,97)(H,79,92)(H,80,86)(H,81,93)(H,95,96)/t46-,47+,48+,52-,53+,54-,55-,57+,61-,62-,63-,64+,65?,66-,67?,68+,69?,74+/m0/s1. The molecule has 3 unspecified atom stereocenters. The zero-order valence-electron chi connectivity index (χ0n) is 64.9. The van der Waals surface area contributed by atoms with E-state index in [2.05, 4.69) is 40.4 Å². The van der Waals surface area contributed by atoms with E-state index >= 15 is 0 Å². The van der Waals surface area contributed by atoms with Crippen LogP contribution in [0.1, 0.15) is 151 Å². The van der Waals surface area contributed by atoms with Crippen molar-refractivity contribution in [2.45, 2.75) is 219 Å². The van der Waals surface area contributed by atoms with Crippen molar-refractivity contribution in [3.63, 3.8) is 0 Å². The van der Waals surface area contributed by atoms with E-state index in [4.69, 9.17) is 42.6 Å². The molecule has 107 heavy (non-hydrogen) atoms. The summed E-state index contributed by atoms with van der Waals surface area (Å²) < 4.78 is 51.1. The van der Waals surface area contributed by atoms with Gasteiger partial charge in [-0.15, -0.1) is 0 Å². The Kier molecular flexibility index (Phi) is 38.5. The molecule has 18 atom stereocenters. The number of amides is 8. The molecule has 604 valence electrons. The lowest BCUT2D eigenvalue weighted by molar-refractivity contribution is -0.271. The van der Waals surface area contributed by atoms with Gasteiger partial charge in [0.2, 0.25) is 41.7 Å². The summed E-state index contributed by atoms with van der Waals surface area (Å²) in [6, 6.07) is 8.72. The van der Waals surface area contributed by atoms with Crippen LogP contribution in [0.5, 0.6) is 5.75 Å². The number of aliphatic carboxylic acids is 1. The molecule has 3 aliphatic rings. The summed E-state index contributed by atoms with van der Waals surface area (Å²) in [4.78, 5) is 127. The molecule has 10 N–H and O–H groups in total. The number of anilines is 1. The van der Waals surface area contributed by atoms with Gasteiger partial charge in [-0.05, 0) is 79.0 Å². The van der Waals surface area contributed by atoms with Crippen LogP contribution in [0.3, 0.4) is 0 Å². The highest BCUT2D eigenvalue weighted by molar-refractivity contribution is 5.94. The molecule has 2 aliphatic heterocycles. The van der Waals surface area contributed by atoms with Gasteiger partial charge in [0.1, 0.15) is 42.8 Å². The zero-order valence-corrected chi connectivity index (χ0v) is 64.9. The molecule has 2 aromatic rings. The van der Waals surface area contributed by atoms with Gasteiger partial charge in [-0.25, -0.2) is 14.4 Å². The third-order valence-electron chi connectivity index (χ3n) is 20.4. The van der Waals surface area contributed by atoms with Crippen molar-refractivity contribution >= 4 is 59.3 Å². The molecule has 2 saturated heterocycles. The lowest BCUT2D eigenvalue weighted by Crippen LogP contribution is -2.61. The molecule has 2 heterocycles. The Morgan fingerprint density at radius 1 is 0.692 bits per heavy atom. The van der Waals surface area contributed by atoms with Crippen LogP contribution in [-0.2, 0) is 78.1 Å². The highest BCUT2D eigenvalue weighted by atomic mass is 16.7. The van der Waals surface area contributed by atoms with Crippen LogP contribution in [0.25, 0.3) is 0 Å². The van der Waals surface area contributed by atoms with Gasteiger partial charge in [0.15, 0.2) is 6.10 Å². The first-order chi connectivity index (χ1) is 51.0. The number of carbonyl (C=O) groups excluding carboxylic acids is 8. The summed E-state index contributed by atoms with van der Waals surface area (Å²) in [5.41, 5.74) is 0.746.